The molecule has 11 heteroatoms. The van der Waals surface area contributed by atoms with E-state index in [9.17, 15) is 5.11 Å². The van der Waals surface area contributed by atoms with Gasteiger partial charge < -0.3 is 25.0 Å². The second-order valence-corrected chi connectivity index (χ2v) is 8.91. The molecule has 0 spiro atoms. The van der Waals surface area contributed by atoms with Crippen molar-refractivity contribution in [1.82, 2.24) is 30.3 Å². The lowest BCUT2D eigenvalue weighted by Crippen LogP contribution is -2.53. The molecule has 1 aliphatic heterocycles. The molecule has 2 aromatic rings. The van der Waals surface area contributed by atoms with Crippen molar-refractivity contribution in [3.63, 3.8) is 0 Å². The lowest BCUT2D eigenvalue weighted by atomic mass is 10.1. The maximum absolute atomic E-state index is 10.9. The van der Waals surface area contributed by atoms with E-state index >= 15 is 0 Å². The van der Waals surface area contributed by atoms with Crippen LogP contribution < -0.4 is 10.6 Å². The Hall–Kier alpha value is -1.28. The summed E-state index contributed by atoms with van der Waals surface area (Å²) in [6, 6.07) is 4.19. The van der Waals surface area contributed by atoms with Crippen molar-refractivity contribution in [2.45, 2.75) is 32.4 Å². The van der Waals surface area contributed by atoms with Gasteiger partial charge in [-0.15, -0.1) is 45.5 Å². The normalized spacial score (nSPS) is 17.1. The minimum absolute atomic E-state index is 0. The van der Waals surface area contributed by atoms with Gasteiger partial charge in [0.15, 0.2) is 11.8 Å². The maximum atomic E-state index is 10.9. The number of morpholine rings is 1. The number of β-amino-alcohol motifs (C(OH)–C–C–N with tert-alkyl or cyclic N) is 1. The summed E-state index contributed by atoms with van der Waals surface area (Å²) in [5.41, 5.74) is -0.880. The van der Waals surface area contributed by atoms with Gasteiger partial charge in [-0.25, -0.2) is 4.99 Å². The summed E-state index contributed by atoms with van der Waals surface area (Å²) in [4.78, 5) is 8.22. The smallest absolute Gasteiger partial charge is 0.191 e. The molecule has 1 atom stereocenters. The summed E-state index contributed by atoms with van der Waals surface area (Å²) in [6.07, 6.45) is 0.922. The first kappa shape index (κ1) is 26.0. The highest BCUT2D eigenvalue weighted by Gasteiger charge is 2.25. The average molecular weight is 564 g/mol. The number of hydrogen-bond acceptors (Lipinski definition) is 7. The first-order valence-electron chi connectivity index (χ1n) is 10.3. The third-order valence-corrected chi connectivity index (χ3v) is 6.05. The Labute approximate surface area is 205 Å². The third kappa shape index (κ3) is 8.64. The van der Waals surface area contributed by atoms with E-state index in [0.29, 0.717) is 25.6 Å². The first-order chi connectivity index (χ1) is 14.4. The van der Waals surface area contributed by atoms with Crippen molar-refractivity contribution in [3.8, 4) is 0 Å². The van der Waals surface area contributed by atoms with Gasteiger partial charge in [0, 0.05) is 44.6 Å². The van der Waals surface area contributed by atoms with Crippen LogP contribution in [0, 0.1) is 6.92 Å². The van der Waals surface area contributed by atoms with Crippen LogP contribution in [0.15, 0.2) is 22.5 Å². The zero-order chi connectivity index (χ0) is 21.4. The number of aliphatic imine (C=N–C) groups is 1. The van der Waals surface area contributed by atoms with E-state index in [0.717, 1.165) is 50.9 Å². The second-order valence-electron chi connectivity index (χ2n) is 7.88. The van der Waals surface area contributed by atoms with Crippen LogP contribution in [0.4, 0.5) is 0 Å². The molecular formula is C20H34IN7O2S. The Morgan fingerprint density at radius 1 is 1.32 bits per heavy atom. The molecule has 31 heavy (non-hydrogen) atoms. The monoisotopic (exact) mass is 563 g/mol. The quantitative estimate of drug-likeness (QED) is 0.239. The highest BCUT2D eigenvalue weighted by Crippen LogP contribution is 2.09. The Bertz CT molecular complexity index is 805. The molecule has 0 bridgehead atoms. The van der Waals surface area contributed by atoms with Crippen LogP contribution >= 0.6 is 35.3 Å². The second kappa shape index (κ2) is 12.7. The predicted octanol–water partition coefficient (Wildman–Crippen LogP) is 1.16. The zero-order valence-corrected chi connectivity index (χ0v) is 21.7. The number of hydrogen-bond donors (Lipinski definition) is 3. The molecule has 3 rings (SSSR count). The lowest BCUT2D eigenvalue weighted by molar-refractivity contribution is -0.0201. The topological polar surface area (TPSA) is 99.8 Å². The fourth-order valence-electron chi connectivity index (χ4n) is 3.24. The van der Waals surface area contributed by atoms with E-state index in [1.54, 1.807) is 11.3 Å². The summed E-state index contributed by atoms with van der Waals surface area (Å²) in [7, 11) is 1.94. The number of thiophene rings is 1. The standard InChI is InChI=1S/C20H33N7O2S.HI/c1-16-24-25-18(26(16)3)13-22-19(21-7-6-17-5-4-12-30-17)23-14-20(2,28)15-27-8-10-29-11-9-27;/h4-5,12,28H,6-11,13-15H2,1-3H3,(H2,21,22,23);1H. The molecule has 9 nitrogen and oxygen atoms in total. The molecule has 1 saturated heterocycles. The minimum Gasteiger partial charge on any atom is -0.387 e. The van der Waals surface area contributed by atoms with Gasteiger partial charge in [-0.1, -0.05) is 6.07 Å². The first-order valence-corrected chi connectivity index (χ1v) is 11.2. The van der Waals surface area contributed by atoms with E-state index in [-0.39, 0.29) is 24.0 Å². The lowest BCUT2D eigenvalue weighted by Gasteiger charge is -2.34. The SMILES string of the molecule is Cc1nnc(CN=C(NCCc2cccs2)NCC(C)(O)CN2CCOCC2)n1C.I. The van der Waals surface area contributed by atoms with Gasteiger partial charge in [0.05, 0.1) is 18.8 Å². The molecule has 1 aliphatic rings. The average Bonchev–Trinajstić information content (AvgIpc) is 3.35. The van der Waals surface area contributed by atoms with E-state index in [1.807, 2.05) is 25.5 Å². The fourth-order valence-corrected chi connectivity index (χ4v) is 3.95. The number of guanidine groups is 1. The Morgan fingerprint density at radius 3 is 2.74 bits per heavy atom. The molecule has 3 heterocycles. The van der Waals surface area contributed by atoms with Crippen LogP contribution in [0.2, 0.25) is 0 Å². The van der Waals surface area contributed by atoms with Crippen molar-refractivity contribution in [3.05, 3.63) is 34.0 Å². The van der Waals surface area contributed by atoms with Crippen molar-refractivity contribution >= 4 is 41.3 Å². The van der Waals surface area contributed by atoms with Gasteiger partial charge >= 0.3 is 0 Å². The van der Waals surface area contributed by atoms with Crippen LogP contribution in [0.5, 0.6) is 0 Å². The largest absolute Gasteiger partial charge is 0.387 e. The Morgan fingerprint density at radius 2 is 2.10 bits per heavy atom. The molecule has 2 aromatic heterocycles. The van der Waals surface area contributed by atoms with Crippen LogP contribution in [-0.2, 0) is 24.8 Å². The minimum atomic E-state index is -0.880. The van der Waals surface area contributed by atoms with Gasteiger partial charge in [-0.05, 0) is 31.7 Å². The van der Waals surface area contributed by atoms with Gasteiger partial charge in [-0.3, -0.25) is 4.90 Å². The molecule has 3 N–H and O–H groups in total. The summed E-state index contributed by atoms with van der Waals surface area (Å²) in [5.74, 6) is 2.32. The number of nitrogens with one attached hydrogen (secondary N) is 2. The Balaban J connectivity index is 0.00000341. The van der Waals surface area contributed by atoms with E-state index in [2.05, 4.69) is 48.2 Å². The van der Waals surface area contributed by atoms with Crippen LogP contribution in [-0.4, -0.2) is 82.3 Å². The Kier molecular flexibility index (Phi) is 10.6. The van der Waals surface area contributed by atoms with E-state index < -0.39 is 5.60 Å². The molecular weight excluding hydrogens is 529 g/mol. The fraction of sp³-hybridized carbons (Fsp3) is 0.650. The summed E-state index contributed by atoms with van der Waals surface area (Å²) < 4.78 is 7.32. The van der Waals surface area contributed by atoms with E-state index in [1.165, 1.54) is 4.88 Å². The highest BCUT2D eigenvalue weighted by atomic mass is 127. The van der Waals surface area contributed by atoms with E-state index in [4.69, 9.17) is 4.74 Å². The number of ether oxygens (including phenoxy) is 1. The third-order valence-electron chi connectivity index (χ3n) is 5.11. The van der Waals surface area contributed by atoms with Gasteiger partial charge in [-0.2, -0.15) is 0 Å². The summed E-state index contributed by atoms with van der Waals surface area (Å²) in [5, 5.41) is 27.9. The zero-order valence-electron chi connectivity index (χ0n) is 18.5. The van der Waals surface area contributed by atoms with Gasteiger partial charge in [0.1, 0.15) is 12.4 Å². The van der Waals surface area contributed by atoms with Crippen molar-refractivity contribution in [2.75, 3.05) is 45.9 Å². The summed E-state index contributed by atoms with van der Waals surface area (Å²) >= 11 is 1.75. The summed E-state index contributed by atoms with van der Waals surface area (Å²) in [6.45, 7) is 9.07. The van der Waals surface area contributed by atoms with Crippen LogP contribution in [0.1, 0.15) is 23.4 Å². The highest BCUT2D eigenvalue weighted by molar-refractivity contribution is 14.0. The predicted molar refractivity (Wildman–Crippen MR) is 134 cm³/mol. The van der Waals surface area contributed by atoms with Gasteiger partial charge in [0.25, 0.3) is 0 Å². The van der Waals surface area contributed by atoms with Crippen molar-refractivity contribution in [2.24, 2.45) is 12.0 Å². The van der Waals surface area contributed by atoms with Crippen LogP contribution in [0.3, 0.4) is 0 Å². The molecule has 1 unspecified atom stereocenters. The van der Waals surface area contributed by atoms with Crippen molar-refractivity contribution in [1.29, 1.82) is 0 Å². The number of rotatable bonds is 9. The number of aryl methyl sites for hydroxylation is 1. The number of aliphatic hydroxyl groups is 1. The number of nitrogens with zero attached hydrogens (tertiary/aromatic N) is 5. The molecule has 0 aromatic carbocycles. The van der Waals surface area contributed by atoms with Gasteiger partial charge in [0.2, 0.25) is 0 Å². The molecule has 0 radical (unpaired) electrons. The molecule has 0 amide bonds. The van der Waals surface area contributed by atoms with Crippen LogP contribution in [0.25, 0.3) is 0 Å². The van der Waals surface area contributed by atoms with Crippen molar-refractivity contribution < 1.29 is 9.84 Å². The number of halogens is 1. The molecule has 174 valence electrons. The molecule has 1 fully saturated rings. The molecule has 0 aliphatic carbocycles. The molecule has 0 saturated carbocycles. The maximum Gasteiger partial charge on any atom is 0.191 e. The number of aromatic nitrogens is 3.